The number of anilines is 1. The molecule has 4 aromatic rings. The zero-order valence-corrected chi connectivity index (χ0v) is 18.2. The van der Waals surface area contributed by atoms with E-state index in [1.807, 2.05) is 73.7 Å². The van der Waals surface area contributed by atoms with Crippen LogP contribution in [0.2, 0.25) is 0 Å². The summed E-state index contributed by atoms with van der Waals surface area (Å²) in [5.41, 5.74) is 4.72. The lowest BCUT2D eigenvalue weighted by Gasteiger charge is -2.34. The van der Waals surface area contributed by atoms with Crippen LogP contribution >= 0.6 is 0 Å². The first-order valence-corrected chi connectivity index (χ1v) is 11.2. The summed E-state index contributed by atoms with van der Waals surface area (Å²) in [7, 11) is 0. The van der Waals surface area contributed by atoms with Gasteiger partial charge in [-0.3, -0.25) is 9.69 Å². The molecule has 1 atom stereocenters. The number of rotatable bonds is 5. The molecule has 32 heavy (non-hydrogen) atoms. The number of aromatic nitrogens is 1. The quantitative estimate of drug-likeness (QED) is 0.445. The van der Waals surface area contributed by atoms with Gasteiger partial charge in [-0.05, 0) is 56.6 Å². The number of nitrogens with zero attached hydrogens (tertiary/aromatic N) is 2. The Bertz CT molecular complexity index is 1180. The van der Waals surface area contributed by atoms with Crippen molar-refractivity contribution < 1.29 is 9.21 Å². The van der Waals surface area contributed by atoms with Crippen LogP contribution in [0.1, 0.15) is 31.6 Å². The molecule has 5 heteroatoms. The van der Waals surface area contributed by atoms with Gasteiger partial charge in [-0.25, -0.2) is 4.98 Å². The van der Waals surface area contributed by atoms with Crippen molar-refractivity contribution >= 4 is 22.7 Å². The third-order valence-electron chi connectivity index (χ3n) is 6.39. The molecule has 5 rings (SSSR count). The minimum atomic E-state index is -0.205. The molecule has 1 fully saturated rings. The SMILES string of the molecule is CC(C(=O)Nc1ccccc1-c1ccccc1)N1CCC(c2nc3ccccc3o2)CC1. The lowest BCUT2D eigenvalue weighted by Crippen LogP contribution is -2.45. The highest BCUT2D eigenvalue weighted by molar-refractivity contribution is 5.98. The molecular weight excluding hydrogens is 398 g/mol. The fraction of sp³-hybridized carbons (Fsp3) is 0.259. The molecule has 0 bridgehead atoms. The Labute approximate surface area is 188 Å². The van der Waals surface area contributed by atoms with Gasteiger partial charge in [0.05, 0.1) is 6.04 Å². The normalized spacial score (nSPS) is 16.2. The predicted octanol–water partition coefficient (Wildman–Crippen LogP) is 5.70. The maximum Gasteiger partial charge on any atom is 0.241 e. The zero-order chi connectivity index (χ0) is 21.9. The molecule has 0 radical (unpaired) electrons. The summed E-state index contributed by atoms with van der Waals surface area (Å²) in [5.74, 6) is 1.14. The van der Waals surface area contributed by atoms with Crippen LogP contribution in [-0.2, 0) is 4.79 Å². The van der Waals surface area contributed by atoms with E-state index in [2.05, 4.69) is 27.3 Å². The first kappa shape index (κ1) is 20.5. The number of amides is 1. The number of oxazole rings is 1. The largest absolute Gasteiger partial charge is 0.440 e. The summed E-state index contributed by atoms with van der Waals surface area (Å²) >= 11 is 0. The highest BCUT2D eigenvalue weighted by Crippen LogP contribution is 2.31. The van der Waals surface area contributed by atoms with Gasteiger partial charge in [0.1, 0.15) is 5.52 Å². The lowest BCUT2D eigenvalue weighted by atomic mass is 9.95. The topological polar surface area (TPSA) is 58.4 Å². The molecular formula is C27H27N3O2. The summed E-state index contributed by atoms with van der Waals surface area (Å²) in [6.07, 6.45) is 1.87. The third kappa shape index (κ3) is 4.16. The van der Waals surface area contributed by atoms with E-state index in [-0.39, 0.29) is 11.9 Å². The number of fused-ring (bicyclic) bond motifs is 1. The fourth-order valence-electron chi connectivity index (χ4n) is 4.46. The van der Waals surface area contributed by atoms with Gasteiger partial charge in [-0.2, -0.15) is 0 Å². The fourth-order valence-corrected chi connectivity index (χ4v) is 4.46. The Morgan fingerprint density at radius 2 is 1.66 bits per heavy atom. The average Bonchev–Trinajstić information content (AvgIpc) is 3.29. The second-order valence-electron chi connectivity index (χ2n) is 8.41. The van der Waals surface area contributed by atoms with E-state index in [1.54, 1.807) is 0 Å². The minimum Gasteiger partial charge on any atom is -0.440 e. The van der Waals surface area contributed by atoms with Crippen molar-refractivity contribution in [1.29, 1.82) is 0 Å². The molecule has 1 amide bonds. The molecule has 1 aliphatic rings. The molecule has 1 N–H and O–H groups in total. The van der Waals surface area contributed by atoms with E-state index < -0.39 is 0 Å². The number of carbonyl (C=O) groups is 1. The second-order valence-corrected chi connectivity index (χ2v) is 8.41. The highest BCUT2D eigenvalue weighted by atomic mass is 16.3. The molecule has 0 saturated carbocycles. The molecule has 1 aliphatic heterocycles. The van der Waals surface area contributed by atoms with Gasteiger partial charge in [0, 0.05) is 17.2 Å². The van der Waals surface area contributed by atoms with E-state index in [1.165, 1.54) is 0 Å². The maximum absolute atomic E-state index is 13.1. The Balaban J connectivity index is 1.23. The molecule has 1 aromatic heterocycles. The summed E-state index contributed by atoms with van der Waals surface area (Å²) in [4.78, 5) is 20.0. The minimum absolute atomic E-state index is 0.0219. The first-order chi connectivity index (χ1) is 15.7. The molecule has 1 saturated heterocycles. The standard InChI is InChI=1S/C27H27N3O2/c1-19(26(31)28-23-12-6-5-11-22(23)20-9-3-2-4-10-20)30-17-15-21(16-18-30)27-29-24-13-7-8-14-25(24)32-27/h2-14,19,21H,15-18H2,1H3,(H,28,31). The van der Waals surface area contributed by atoms with E-state index >= 15 is 0 Å². The number of nitrogens with one attached hydrogen (secondary N) is 1. The van der Waals surface area contributed by atoms with E-state index in [0.717, 1.165) is 59.7 Å². The van der Waals surface area contributed by atoms with Crippen LogP contribution < -0.4 is 5.32 Å². The predicted molar refractivity (Wildman–Crippen MR) is 128 cm³/mol. The van der Waals surface area contributed by atoms with E-state index in [0.29, 0.717) is 5.92 Å². The highest BCUT2D eigenvalue weighted by Gasteiger charge is 2.29. The van der Waals surface area contributed by atoms with Crippen molar-refractivity contribution in [3.63, 3.8) is 0 Å². The molecule has 5 nitrogen and oxygen atoms in total. The molecule has 2 heterocycles. The Morgan fingerprint density at radius 1 is 0.969 bits per heavy atom. The second kappa shape index (κ2) is 8.97. The van der Waals surface area contributed by atoms with Gasteiger partial charge in [0.15, 0.2) is 11.5 Å². The zero-order valence-electron chi connectivity index (χ0n) is 18.2. The maximum atomic E-state index is 13.1. The number of para-hydroxylation sites is 3. The van der Waals surface area contributed by atoms with Gasteiger partial charge >= 0.3 is 0 Å². The van der Waals surface area contributed by atoms with Gasteiger partial charge in [0.2, 0.25) is 5.91 Å². The van der Waals surface area contributed by atoms with Crippen molar-refractivity contribution in [3.8, 4) is 11.1 Å². The number of carbonyl (C=O) groups excluding carboxylic acids is 1. The van der Waals surface area contributed by atoms with Crippen LogP contribution in [0, 0.1) is 0 Å². The Hall–Kier alpha value is -3.44. The molecule has 1 unspecified atom stereocenters. The smallest absolute Gasteiger partial charge is 0.241 e. The average molecular weight is 426 g/mol. The first-order valence-electron chi connectivity index (χ1n) is 11.2. The molecule has 0 spiro atoms. The monoisotopic (exact) mass is 425 g/mol. The number of piperidine rings is 1. The van der Waals surface area contributed by atoms with E-state index in [9.17, 15) is 4.79 Å². The number of hydrogen-bond acceptors (Lipinski definition) is 4. The summed E-state index contributed by atoms with van der Waals surface area (Å²) < 4.78 is 5.98. The molecule has 162 valence electrons. The van der Waals surface area contributed by atoms with Crippen molar-refractivity contribution in [3.05, 3.63) is 84.8 Å². The summed E-state index contributed by atoms with van der Waals surface area (Å²) in [6.45, 7) is 3.68. The number of hydrogen-bond donors (Lipinski definition) is 1. The Kier molecular flexibility index (Phi) is 5.73. The number of likely N-dealkylation sites (tertiary alicyclic amines) is 1. The van der Waals surface area contributed by atoms with Gasteiger partial charge in [-0.15, -0.1) is 0 Å². The van der Waals surface area contributed by atoms with Crippen LogP contribution in [0.25, 0.3) is 22.2 Å². The van der Waals surface area contributed by atoms with Crippen molar-refractivity contribution in [2.24, 2.45) is 0 Å². The van der Waals surface area contributed by atoms with Crippen LogP contribution in [0.4, 0.5) is 5.69 Å². The third-order valence-corrected chi connectivity index (χ3v) is 6.39. The van der Waals surface area contributed by atoms with Gasteiger partial charge < -0.3 is 9.73 Å². The number of benzene rings is 3. The van der Waals surface area contributed by atoms with Crippen LogP contribution in [0.5, 0.6) is 0 Å². The van der Waals surface area contributed by atoms with Crippen molar-refractivity contribution in [1.82, 2.24) is 9.88 Å². The van der Waals surface area contributed by atoms with E-state index in [4.69, 9.17) is 4.42 Å². The molecule has 3 aromatic carbocycles. The lowest BCUT2D eigenvalue weighted by molar-refractivity contribution is -0.121. The van der Waals surface area contributed by atoms with Crippen molar-refractivity contribution in [2.75, 3.05) is 18.4 Å². The van der Waals surface area contributed by atoms with Crippen LogP contribution in [0.15, 0.2) is 83.3 Å². The van der Waals surface area contributed by atoms with Gasteiger partial charge in [-0.1, -0.05) is 60.7 Å². The van der Waals surface area contributed by atoms with Crippen molar-refractivity contribution in [2.45, 2.75) is 31.7 Å². The van der Waals surface area contributed by atoms with Crippen LogP contribution in [0.3, 0.4) is 0 Å². The summed E-state index contributed by atoms with van der Waals surface area (Å²) in [6, 6.07) is 25.8. The van der Waals surface area contributed by atoms with Crippen LogP contribution in [-0.4, -0.2) is 34.9 Å². The Morgan fingerprint density at radius 3 is 2.44 bits per heavy atom. The van der Waals surface area contributed by atoms with Gasteiger partial charge in [0.25, 0.3) is 0 Å². The molecule has 0 aliphatic carbocycles. The summed E-state index contributed by atoms with van der Waals surface area (Å²) in [5, 5.41) is 3.16.